The summed E-state index contributed by atoms with van der Waals surface area (Å²) in [7, 11) is 0. The Kier molecular flexibility index (Phi) is 4.31. The summed E-state index contributed by atoms with van der Waals surface area (Å²) in [6.45, 7) is 4.44. The Hall–Kier alpha value is -1.72. The molecule has 1 fully saturated rings. The monoisotopic (exact) mass is 287 g/mol. The maximum atomic E-state index is 10.5. The molecule has 0 saturated carbocycles. The molecule has 1 aliphatic heterocycles. The first-order chi connectivity index (χ1) is 10.2. The Morgan fingerprint density at radius 2 is 2.00 bits per heavy atom. The molecule has 3 rings (SSSR count). The molecule has 2 heterocycles. The first-order valence-electron chi connectivity index (χ1n) is 7.47. The number of aromatic nitrogens is 2. The SMILES string of the molecule is Cc1noc(CN2CCC([C@@H](O)c3ccccc3)CC2)n1. The number of nitrogens with zero attached hydrogens (tertiary/aromatic N) is 3. The van der Waals surface area contributed by atoms with Crippen molar-refractivity contribution in [1.29, 1.82) is 0 Å². The summed E-state index contributed by atoms with van der Waals surface area (Å²) in [6.07, 6.45) is 1.62. The molecule has 5 nitrogen and oxygen atoms in total. The van der Waals surface area contributed by atoms with E-state index < -0.39 is 0 Å². The minimum Gasteiger partial charge on any atom is -0.388 e. The van der Waals surface area contributed by atoms with Gasteiger partial charge in [0.05, 0.1) is 12.6 Å². The van der Waals surface area contributed by atoms with Crippen LogP contribution in [0.15, 0.2) is 34.9 Å². The summed E-state index contributed by atoms with van der Waals surface area (Å²) in [5.74, 6) is 1.68. The lowest BCUT2D eigenvalue weighted by Crippen LogP contribution is -2.35. The van der Waals surface area contributed by atoms with Gasteiger partial charge >= 0.3 is 0 Å². The Labute approximate surface area is 124 Å². The zero-order chi connectivity index (χ0) is 14.7. The van der Waals surface area contributed by atoms with Crippen LogP contribution in [0.4, 0.5) is 0 Å². The van der Waals surface area contributed by atoms with Crippen LogP contribution in [0, 0.1) is 12.8 Å². The molecule has 1 aromatic carbocycles. The number of aliphatic hydroxyl groups is 1. The molecule has 1 saturated heterocycles. The van der Waals surface area contributed by atoms with Gasteiger partial charge in [0.25, 0.3) is 0 Å². The predicted octanol–water partition coefficient (Wildman–Crippen LogP) is 2.32. The summed E-state index contributed by atoms with van der Waals surface area (Å²) >= 11 is 0. The van der Waals surface area contributed by atoms with Gasteiger partial charge in [0.1, 0.15) is 0 Å². The lowest BCUT2D eigenvalue weighted by atomic mass is 9.87. The fourth-order valence-corrected chi connectivity index (χ4v) is 2.94. The van der Waals surface area contributed by atoms with Gasteiger partial charge in [-0.25, -0.2) is 0 Å². The largest absolute Gasteiger partial charge is 0.388 e. The second-order valence-electron chi connectivity index (χ2n) is 5.70. The topological polar surface area (TPSA) is 62.4 Å². The number of hydrogen-bond acceptors (Lipinski definition) is 5. The van der Waals surface area contributed by atoms with E-state index in [0.717, 1.165) is 31.5 Å². The molecule has 5 heteroatoms. The van der Waals surface area contributed by atoms with Gasteiger partial charge < -0.3 is 9.63 Å². The van der Waals surface area contributed by atoms with E-state index >= 15 is 0 Å². The fraction of sp³-hybridized carbons (Fsp3) is 0.500. The van der Waals surface area contributed by atoms with Crippen LogP contribution in [0.5, 0.6) is 0 Å². The van der Waals surface area contributed by atoms with Gasteiger partial charge in [0, 0.05) is 0 Å². The third kappa shape index (κ3) is 3.49. The van der Waals surface area contributed by atoms with E-state index in [1.54, 1.807) is 0 Å². The molecule has 1 aromatic heterocycles. The number of aliphatic hydroxyl groups excluding tert-OH is 1. The number of benzene rings is 1. The average molecular weight is 287 g/mol. The molecule has 0 aliphatic carbocycles. The molecule has 2 aromatic rings. The summed E-state index contributed by atoms with van der Waals surface area (Å²) in [4.78, 5) is 6.54. The third-order valence-electron chi connectivity index (χ3n) is 4.15. The molecule has 0 bridgehead atoms. The van der Waals surface area contributed by atoms with Gasteiger partial charge in [-0.3, -0.25) is 4.90 Å². The number of piperidine rings is 1. The van der Waals surface area contributed by atoms with E-state index in [4.69, 9.17) is 4.52 Å². The maximum Gasteiger partial charge on any atom is 0.240 e. The van der Waals surface area contributed by atoms with Gasteiger partial charge in [-0.1, -0.05) is 35.5 Å². The van der Waals surface area contributed by atoms with Gasteiger partial charge in [-0.05, 0) is 44.3 Å². The van der Waals surface area contributed by atoms with Gasteiger partial charge in [0.15, 0.2) is 5.82 Å². The molecule has 0 amide bonds. The Bertz CT molecular complexity index is 562. The maximum absolute atomic E-state index is 10.5. The smallest absolute Gasteiger partial charge is 0.240 e. The van der Waals surface area contributed by atoms with Crippen molar-refractivity contribution in [2.45, 2.75) is 32.4 Å². The second-order valence-corrected chi connectivity index (χ2v) is 5.70. The lowest BCUT2D eigenvalue weighted by molar-refractivity contribution is 0.0538. The quantitative estimate of drug-likeness (QED) is 0.935. The summed E-state index contributed by atoms with van der Waals surface area (Å²) in [5.41, 5.74) is 1.02. The number of rotatable bonds is 4. The standard InChI is InChI=1S/C16H21N3O2/c1-12-17-15(21-18-12)11-19-9-7-14(8-10-19)16(20)13-5-3-2-4-6-13/h2-6,14,16,20H,7-11H2,1H3/t16-/m0/s1. The van der Waals surface area contributed by atoms with Crippen molar-refractivity contribution in [3.63, 3.8) is 0 Å². The zero-order valence-corrected chi connectivity index (χ0v) is 12.3. The van der Waals surface area contributed by atoms with Crippen LogP contribution >= 0.6 is 0 Å². The highest BCUT2D eigenvalue weighted by Crippen LogP contribution is 2.30. The van der Waals surface area contributed by atoms with Crippen molar-refractivity contribution in [3.8, 4) is 0 Å². The third-order valence-corrected chi connectivity index (χ3v) is 4.15. The number of likely N-dealkylation sites (tertiary alicyclic amines) is 1. The van der Waals surface area contributed by atoms with Crippen molar-refractivity contribution in [2.24, 2.45) is 5.92 Å². The van der Waals surface area contributed by atoms with Crippen LogP contribution in [0.2, 0.25) is 0 Å². The van der Waals surface area contributed by atoms with Gasteiger partial charge in [-0.2, -0.15) is 4.98 Å². The highest BCUT2D eigenvalue weighted by Gasteiger charge is 2.26. The van der Waals surface area contributed by atoms with Crippen molar-refractivity contribution in [2.75, 3.05) is 13.1 Å². The van der Waals surface area contributed by atoms with Crippen LogP contribution in [0.3, 0.4) is 0 Å². The molecule has 0 radical (unpaired) electrons. The zero-order valence-electron chi connectivity index (χ0n) is 12.3. The Morgan fingerprint density at radius 1 is 1.29 bits per heavy atom. The highest BCUT2D eigenvalue weighted by atomic mass is 16.5. The molecule has 0 unspecified atom stereocenters. The molecular weight excluding hydrogens is 266 g/mol. The van der Waals surface area contributed by atoms with E-state index in [0.29, 0.717) is 24.2 Å². The molecular formula is C16H21N3O2. The molecule has 1 atom stereocenters. The van der Waals surface area contributed by atoms with Crippen molar-refractivity contribution in [3.05, 3.63) is 47.6 Å². The van der Waals surface area contributed by atoms with Gasteiger partial charge in [0.2, 0.25) is 5.89 Å². The molecule has 1 N–H and O–H groups in total. The predicted molar refractivity (Wildman–Crippen MR) is 78.4 cm³/mol. The second kappa shape index (κ2) is 6.37. The summed E-state index contributed by atoms with van der Waals surface area (Å²) in [5, 5.41) is 14.3. The highest BCUT2D eigenvalue weighted by molar-refractivity contribution is 5.18. The van der Waals surface area contributed by atoms with E-state index in [-0.39, 0.29) is 6.10 Å². The molecule has 21 heavy (non-hydrogen) atoms. The average Bonchev–Trinajstić information content (AvgIpc) is 2.93. The minimum atomic E-state index is -0.362. The van der Waals surface area contributed by atoms with Gasteiger partial charge in [-0.15, -0.1) is 0 Å². The first-order valence-corrected chi connectivity index (χ1v) is 7.47. The van der Waals surface area contributed by atoms with E-state index in [2.05, 4.69) is 15.0 Å². The van der Waals surface area contributed by atoms with Crippen LogP contribution in [0.1, 0.15) is 36.2 Å². The van der Waals surface area contributed by atoms with E-state index in [9.17, 15) is 5.11 Å². The first kappa shape index (κ1) is 14.2. The Balaban J connectivity index is 1.53. The number of hydrogen-bond donors (Lipinski definition) is 1. The summed E-state index contributed by atoms with van der Waals surface area (Å²) < 4.78 is 5.16. The van der Waals surface area contributed by atoms with Crippen LogP contribution < -0.4 is 0 Å². The van der Waals surface area contributed by atoms with Crippen LogP contribution in [-0.2, 0) is 6.54 Å². The normalized spacial score (nSPS) is 18.8. The van der Waals surface area contributed by atoms with Crippen molar-refractivity contribution >= 4 is 0 Å². The summed E-state index contributed by atoms with van der Waals surface area (Å²) in [6, 6.07) is 9.93. The minimum absolute atomic E-state index is 0.327. The van der Waals surface area contributed by atoms with E-state index in [1.807, 2.05) is 37.3 Å². The van der Waals surface area contributed by atoms with Crippen molar-refractivity contribution in [1.82, 2.24) is 15.0 Å². The molecule has 1 aliphatic rings. The van der Waals surface area contributed by atoms with E-state index in [1.165, 1.54) is 0 Å². The molecule has 0 spiro atoms. The van der Waals surface area contributed by atoms with Crippen LogP contribution in [0.25, 0.3) is 0 Å². The van der Waals surface area contributed by atoms with Crippen LogP contribution in [-0.4, -0.2) is 33.2 Å². The Morgan fingerprint density at radius 3 is 2.62 bits per heavy atom. The van der Waals surface area contributed by atoms with Crippen molar-refractivity contribution < 1.29 is 9.63 Å². The number of aryl methyl sites for hydroxylation is 1. The molecule has 112 valence electrons. The fourth-order valence-electron chi connectivity index (χ4n) is 2.94. The lowest BCUT2D eigenvalue weighted by Gasteiger charge is -2.33.